The number of ether oxygens (including phenoxy) is 3. The first-order valence-electron chi connectivity index (χ1n) is 22.3. The summed E-state index contributed by atoms with van der Waals surface area (Å²) in [6.45, 7) is 1.87. The quantitative estimate of drug-likeness (QED) is 0.0153. The summed E-state index contributed by atoms with van der Waals surface area (Å²) in [6, 6.07) is 0. The fraction of sp³-hybridized carbons (Fsp3) is 0.818. The van der Waals surface area contributed by atoms with Crippen LogP contribution in [-0.4, -0.2) is 106 Å². The molecule has 1 aliphatic heterocycles. The third-order valence-electron chi connectivity index (χ3n) is 10.1. The van der Waals surface area contributed by atoms with E-state index in [1.807, 2.05) is 31.2 Å². The van der Waals surface area contributed by atoms with Gasteiger partial charge in [0.05, 0.1) is 38.1 Å². The number of esters is 2. The maximum atomic E-state index is 12.7. The van der Waals surface area contributed by atoms with E-state index >= 15 is 0 Å². The van der Waals surface area contributed by atoms with E-state index in [1.165, 1.54) is 70.6 Å². The topological polar surface area (TPSA) is 219 Å². The number of hydrogen-bond acceptors (Lipinski definition) is 13. The Morgan fingerprint density at radius 1 is 0.763 bits per heavy atom. The fourth-order valence-corrected chi connectivity index (χ4v) is 7.37. The van der Waals surface area contributed by atoms with Crippen LogP contribution in [0.25, 0.3) is 0 Å². The van der Waals surface area contributed by atoms with Crippen LogP contribution in [0.3, 0.4) is 0 Å². The number of aliphatic hydroxyl groups is 5. The summed E-state index contributed by atoms with van der Waals surface area (Å²) < 4.78 is 38.3. The van der Waals surface area contributed by atoms with Crippen molar-refractivity contribution in [3.05, 3.63) is 36.5 Å². The normalized spacial score (nSPS) is 21.2. The van der Waals surface area contributed by atoms with E-state index < -0.39 is 83.0 Å². The molecule has 8 unspecified atom stereocenters. The SMILES string of the molecule is CC/C=C\CC(O)/C=C/C1OC(O)CC(O)C1C/C=C\CCCC(=O)OC(COC(=O)CCCCCCCCCCCCCCCCC)COP(=O)(O)OCC(O)CO. The van der Waals surface area contributed by atoms with Crippen molar-refractivity contribution in [3.8, 4) is 0 Å². The first-order valence-corrected chi connectivity index (χ1v) is 23.8. The third kappa shape index (κ3) is 30.7. The lowest BCUT2D eigenvalue weighted by Crippen LogP contribution is -2.43. The van der Waals surface area contributed by atoms with Gasteiger partial charge in [0.2, 0.25) is 0 Å². The summed E-state index contributed by atoms with van der Waals surface area (Å²) in [5, 5.41) is 49.3. The van der Waals surface area contributed by atoms with Crippen molar-refractivity contribution in [1.82, 2.24) is 0 Å². The molecule has 0 radical (unpaired) electrons. The van der Waals surface area contributed by atoms with E-state index in [9.17, 15) is 39.5 Å². The molecule has 1 rings (SSSR count). The molecule has 0 bridgehead atoms. The highest BCUT2D eigenvalue weighted by Crippen LogP contribution is 2.43. The molecular formula is C44H79O14P. The smallest absolute Gasteiger partial charge is 0.462 e. The van der Waals surface area contributed by atoms with Crippen LogP contribution in [0.1, 0.15) is 162 Å². The van der Waals surface area contributed by atoms with Gasteiger partial charge in [-0.2, -0.15) is 0 Å². The van der Waals surface area contributed by atoms with E-state index in [-0.39, 0.29) is 25.2 Å². The van der Waals surface area contributed by atoms with Crippen LogP contribution in [0.5, 0.6) is 0 Å². The average Bonchev–Trinajstić information content (AvgIpc) is 3.20. The molecule has 0 aromatic heterocycles. The summed E-state index contributed by atoms with van der Waals surface area (Å²) in [6.07, 6.45) is 25.9. The lowest BCUT2D eigenvalue weighted by Gasteiger charge is -2.36. The number of carbonyl (C=O) groups excluding carboxylic acids is 2. The molecule has 14 nitrogen and oxygen atoms in total. The zero-order chi connectivity index (χ0) is 43.6. The van der Waals surface area contributed by atoms with Gasteiger partial charge in [-0.05, 0) is 38.5 Å². The molecule has 59 heavy (non-hydrogen) atoms. The fourth-order valence-electron chi connectivity index (χ4n) is 6.58. The van der Waals surface area contributed by atoms with Gasteiger partial charge in [0, 0.05) is 25.2 Å². The minimum absolute atomic E-state index is 0.0129. The third-order valence-corrected chi connectivity index (χ3v) is 11.0. The van der Waals surface area contributed by atoms with Crippen LogP contribution in [0.15, 0.2) is 36.5 Å². The molecule has 344 valence electrons. The second-order valence-corrected chi connectivity index (χ2v) is 17.0. The number of phosphoric ester groups is 1. The minimum atomic E-state index is -4.70. The van der Waals surface area contributed by atoms with Gasteiger partial charge < -0.3 is 44.6 Å². The minimum Gasteiger partial charge on any atom is -0.462 e. The van der Waals surface area contributed by atoms with Gasteiger partial charge in [-0.15, -0.1) is 0 Å². The number of aliphatic hydroxyl groups excluding tert-OH is 5. The van der Waals surface area contributed by atoms with Crippen molar-refractivity contribution in [2.45, 2.75) is 198 Å². The maximum Gasteiger partial charge on any atom is 0.472 e. The highest BCUT2D eigenvalue weighted by molar-refractivity contribution is 7.47. The molecular weight excluding hydrogens is 783 g/mol. The predicted molar refractivity (Wildman–Crippen MR) is 227 cm³/mol. The number of carbonyl (C=O) groups is 2. The lowest BCUT2D eigenvalue weighted by molar-refractivity contribution is -0.199. The highest BCUT2D eigenvalue weighted by atomic mass is 31.2. The van der Waals surface area contributed by atoms with Crippen molar-refractivity contribution >= 4 is 19.8 Å². The first-order chi connectivity index (χ1) is 28.4. The Morgan fingerprint density at radius 3 is 1.97 bits per heavy atom. The van der Waals surface area contributed by atoms with Crippen molar-refractivity contribution in [2.75, 3.05) is 26.4 Å². The Bertz CT molecular complexity index is 1200. The van der Waals surface area contributed by atoms with Crippen molar-refractivity contribution in [1.29, 1.82) is 0 Å². The van der Waals surface area contributed by atoms with E-state index in [1.54, 1.807) is 12.2 Å². The Labute approximate surface area is 354 Å². The Hall–Kier alpha value is -1.97. The molecule has 1 saturated heterocycles. The molecule has 0 saturated carbocycles. The Kier molecular flexibility index (Phi) is 33.2. The summed E-state index contributed by atoms with van der Waals surface area (Å²) in [4.78, 5) is 35.2. The molecule has 0 spiro atoms. The van der Waals surface area contributed by atoms with Crippen LogP contribution in [0.4, 0.5) is 0 Å². The lowest BCUT2D eigenvalue weighted by atomic mass is 9.87. The largest absolute Gasteiger partial charge is 0.472 e. The number of allylic oxidation sites excluding steroid dienone is 3. The van der Waals surface area contributed by atoms with Crippen LogP contribution >= 0.6 is 7.82 Å². The molecule has 0 aromatic rings. The highest BCUT2D eigenvalue weighted by Gasteiger charge is 2.35. The second kappa shape index (κ2) is 35.6. The maximum absolute atomic E-state index is 12.7. The number of phosphoric acid groups is 1. The van der Waals surface area contributed by atoms with Crippen LogP contribution in [-0.2, 0) is 37.4 Å². The zero-order valence-corrected chi connectivity index (χ0v) is 36.9. The van der Waals surface area contributed by atoms with Crippen LogP contribution in [0.2, 0.25) is 0 Å². The molecule has 1 heterocycles. The van der Waals surface area contributed by atoms with Crippen LogP contribution in [0, 0.1) is 5.92 Å². The Morgan fingerprint density at radius 2 is 1.36 bits per heavy atom. The number of hydrogen-bond donors (Lipinski definition) is 6. The monoisotopic (exact) mass is 863 g/mol. The van der Waals surface area contributed by atoms with E-state index in [0.717, 1.165) is 25.7 Å². The first kappa shape index (κ1) is 55.0. The molecule has 1 aliphatic rings. The van der Waals surface area contributed by atoms with Gasteiger partial charge in [-0.25, -0.2) is 4.57 Å². The summed E-state index contributed by atoms with van der Waals surface area (Å²) in [7, 11) is -4.70. The van der Waals surface area contributed by atoms with Gasteiger partial charge in [0.15, 0.2) is 12.4 Å². The molecule has 0 aromatic carbocycles. The average molecular weight is 863 g/mol. The molecule has 0 aliphatic carbocycles. The van der Waals surface area contributed by atoms with E-state index in [0.29, 0.717) is 32.1 Å². The molecule has 8 atom stereocenters. The second-order valence-electron chi connectivity index (χ2n) is 15.6. The molecule has 0 amide bonds. The van der Waals surface area contributed by atoms with Gasteiger partial charge >= 0.3 is 19.8 Å². The summed E-state index contributed by atoms with van der Waals surface area (Å²) >= 11 is 0. The van der Waals surface area contributed by atoms with Gasteiger partial charge in [-0.3, -0.25) is 18.6 Å². The summed E-state index contributed by atoms with van der Waals surface area (Å²) in [5.74, 6) is -1.48. The standard InChI is InChI=1S/C44H79O14P/c1-3-5-7-8-9-10-11-12-13-14-15-16-17-18-23-27-42(49)54-34-38(35-56-59(52,53)55-33-37(47)32-45)57-43(50)28-24-20-19-22-26-39-40(48)31-44(51)58-41(39)30-29-36(46)25-21-6-4-2/h6,19,21-22,29-30,36-41,44-48,51H,3-5,7-18,20,23-28,31-35H2,1-2H3,(H,52,53)/b21-6-,22-19-,30-29+. The van der Waals surface area contributed by atoms with Crippen LogP contribution < -0.4 is 0 Å². The molecule has 15 heteroatoms. The molecule has 6 N–H and O–H groups in total. The number of rotatable bonds is 37. The predicted octanol–water partition coefficient (Wildman–Crippen LogP) is 7.66. The van der Waals surface area contributed by atoms with E-state index in [4.69, 9.17) is 23.8 Å². The number of unbranched alkanes of at least 4 members (excludes halogenated alkanes) is 15. The van der Waals surface area contributed by atoms with E-state index in [2.05, 4.69) is 11.4 Å². The van der Waals surface area contributed by atoms with Crippen molar-refractivity contribution in [2.24, 2.45) is 5.92 Å². The van der Waals surface area contributed by atoms with Crippen molar-refractivity contribution in [3.63, 3.8) is 0 Å². The van der Waals surface area contributed by atoms with Gasteiger partial charge in [-0.1, -0.05) is 140 Å². The molecule has 1 fully saturated rings. The van der Waals surface area contributed by atoms with Crippen molar-refractivity contribution < 1.29 is 67.8 Å². The Balaban J connectivity index is 2.50. The van der Waals surface area contributed by atoms with Gasteiger partial charge in [0.25, 0.3) is 0 Å². The van der Waals surface area contributed by atoms with Gasteiger partial charge in [0.1, 0.15) is 12.7 Å². The zero-order valence-electron chi connectivity index (χ0n) is 36.0. The summed E-state index contributed by atoms with van der Waals surface area (Å²) in [5.41, 5.74) is 0.